The third kappa shape index (κ3) is 3.85. The number of primary amides is 1. The van der Waals surface area contributed by atoms with Gasteiger partial charge in [0.25, 0.3) is 5.91 Å². The number of allylic oxidation sites excluding steroid dienone is 2. The van der Waals surface area contributed by atoms with Gasteiger partial charge in [-0.2, -0.15) is 0 Å². The van der Waals surface area contributed by atoms with Crippen molar-refractivity contribution in [2.75, 3.05) is 0 Å². The first kappa shape index (κ1) is 14.2. The van der Waals surface area contributed by atoms with E-state index in [4.69, 9.17) is 5.73 Å². The second-order valence-corrected chi connectivity index (χ2v) is 2.31. The number of carbonyl (C=O) groups excluding carboxylic acids is 2. The van der Waals surface area contributed by atoms with Gasteiger partial charge >= 0.3 is 0 Å². The molecule has 0 aliphatic carbocycles. The number of rotatable bonds is 3. The molecule has 61 valence electrons. The zero-order valence-electron chi connectivity index (χ0n) is 7.68. The van der Waals surface area contributed by atoms with Gasteiger partial charge in [-0.1, -0.05) is 12.2 Å². The molecule has 0 atom stereocenters. The number of ketones is 1. The number of hydrogen-bond acceptors (Lipinski definition) is 2. The fourth-order valence-electron chi connectivity index (χ4n) is 0.716. The molecule has 12 heavy (non-hydrogen) atoms. The summed E-state index contributed by atoms with van der Waals surface area (Å²) in [7, 11) is 0. The SMILES string of the molecule is C=CC(=O)C(C(N)=O)=C(C)C.[Na]. The third-order valence-corrected chi connectivity index (χ3v) is 1.18. The molecule has 0 heterocycles. The largest absolute Gasteiger partial charge is 0.365 e. The standard InChI is InChI=1S/C8H11NO2.Na/c1-4-6(10)7(5(2)3)8(9)11;/h4H,1H2,2-3H3,(H2,9,11);. The topological polar surface area (TPSA) is 60.2 Å². The zero-order chi connectivity index (χ0) is 9.02. The van der Waals surface area contributed by atoms with Crippen LogP contribution in [0.4, 0.5) is 0 Å². The average Bonchev–Trinajstić information content (AvgIpc) is 1.85. The van der Waals surface area contributed by atoms with E-state index in [2.05, 4.69) is 6.58 Å². The Labute approximate surface area is 94.0 Å². The van der Waals surface area contributed by atoms with Crippen LogP contribution in [0.2, 0.25) is 0 Å². The molecule has 0 aromatic heterocycles. The maximum Gasteiger partial charge on any atom is 0.252 e. The summed E-state index contributed by atoms with van der Waals surface area (Å²) in [5, 5.41) is 0. The summed E-state index contributed by atoms with van der Waals surface area (Å²) in [4.78, 5) is 21.6. The summed E-state index contributed by atoms with van der Waals surface area (Å²) in [5.74, 6) is -1.12. The Morgan fingerprint density at radius 2 is 1.75 bits per heavy atom. The molecule has 0 rings (SSSR count). The van der Waals surface area contributed by atoms with Gasteiger partial charge in [0.05, 0.1) is 5.57 Å². The molecule has 0 aliphatic rings. The van der Waals surface area contributed by atoms with Gasteiger partial charge in [-0.3, -0.25) is 9.59 Å². The summed E-state index contributed by atoms with van der Waals surface area (Å²) in [6.07, 6.45) is 1.08. The van der Waals surface area contributed by atoms with Crippen LogP contribution >= 0.6 is 0 Å². The molecular weight excluding hydrogens is 165 g/mol. The fraction of sp³-hybridized carbons (Fsp3) is 0.250. The molecule has 1 amide bonds. The maximum absolute atomic E-state index is 10.9. The van der Waals surface area contributed by atoms with Crippen molar-refractivity contribution in [2.24, 2.45) is 5.73 Å². The number of amides is 1. The Balaban J connectivity index is 0. The molecule has 0 spiro atoms. The maximum atomic E-state index is 10.9. The van der Waals surface area contributed by atoms with Crippen molar-refractivity contribution in [1.82, 2.24) is 0 Å². The van der Waals surface area contributed by atoms with Crippen LogP contribution in [0.5, 0.6) is 0 Å². The summed E-state index contributed by atoms with van der Waals surface area (Å²) in [6, 6.07) is 0. The van der Waals surface area contributed by atoms with Gasteiger partial charge in [-0.15, -0.1) is 0 Å². The predicted molar refractivity (Wildman–Crippen MR) is 48.5 cm³/mol. The van der Waals surface area contributed by atoms with Crippen LogP contribution in [-0.2, 0) is 9.59 Å². The minimum Gasteiger partial charge on any atom is -0.365 e. The quantitative estimate of drug-likeness (QED) is 0.288. The zero-order valence-corrected chi connectivity index (χ0v) is 9.68. The smallest absolute Gasteiger partial charge is 0.252 e. The fourth-order valence-corrected chi connectivity index (χ4v) is 0.716. The molecule has 0 aromatic rings. The molecule has 0 unspecified atom stereocenters. The van der Waals surface area contributed by atoms with Gasteiger partial charge < -0.3 is 5.73 Å². The van der Waals surface area contributed by atoms with Crippen LogP contribution in [-0.4, -0.2) is 41.2 Å². The Bertz CT molecular complexity index is 239. The van der Waals surface area contributed by atoms with Crippen molar-refractivity contribution in [3.8, 4) is 0 Å². The normalized spacial score (nSPS) is 7.83. The van der Waals surface area contributed by atoms with E-state index in [0.29, 0.717) is 5.57 Å². The predicted octanol–water partition coefficient (Wildman–Crippen LogP) is 0.182. The van der Waals surface area contributed by atoms with Crippen molar-refractivity contribution < 1.29 is 9.59 Å². The van der Waals surface area contributed by atoms with Crippen LogP contribution in [0.3, 0.4) is 0 Å². The molecule has 0 saturated carbocycles. The van der Waals surface area contributed by atoms with Crippen LogP contribution in [0, 0.1) is 0 Å². The van der Waals surface area contributed by atoms with Gasteiger partial charge in [-0.05, 0) is 19.9 Å². The van der Waals surface area contributed by atoms with Gasteiger partial charge in [0.1, 0.15) is 0 Å². The second-order valence-electron chi connectivity index (χ2n) is 2.31. The van der Waals surface area contributed by atoms with E-state index in [-0.39, 0.29) is 35.1 Å². The first-order valence-electron chi connectivity index (χ1n) is 3.14. The number of hydrogen-bond donors (Lipinski definition) is 1. The van der Waals surface area contributed by atoms with Crippen molar-refractivity contribution in [3.63, 3.8) is 0 Å². The first-order chi connectivity index (χ1) is 5.00. The van der Waals surface area contributed by atoms with Crippen molar-refractivity contribution in [1.29, 1.82) is 0 Å². The van der Waals surface area contributed by atoms with E-state index in [1.54, 1.807) is 13.8 Å². The van der Waals surface area contributed by atoms with Gasteiger partial charge in [0, 0.05) is 29.6 Å². The minimum atomic E-state index is -0.699. The molecular formula is C8H11NNaO2. The van der Waals surface area contributed by atoms with E-state index >= 15 is 0 Å². The van der Waals surface area contributed by atoms with E-state index < -0.39 is 11.7 Å². The monoisotopic (exact) mass is 176 g/mol. The van der Waals surface area contributed by atoms with Crippen molar-refractivity contribution >= 4 is 41.2 Å². The molecule has 1 radical (unpaired) electrons. The molecule has 4 heteroatoms. The van der Waals surface area contributed by atoms with E-state index in [1.807, 2.05) is 0 Å². The minimum absolute atomic E-state index is 0. The van der Waals surface area contributed by atoms with Crippen LogP contribution < -0.4 is 5.73 Å². The molecule has 3 nitrogen and oxygen atoms in total. The summed E-state index contributed by atoms with van der Waals surface area (Å²) in [5.41, 5.74) is 5.59. The third-order valence-electron chi connectivity index (χ3n) is 1.18. The molecule has 2 N–H and O–H groups in total. The molecule has 0 fully saturated rings. The molecule has 0 bridgehead atoms. The Morgan fingerprint density at radius 1 is 1.33 bits per heavy atom. The molecule has 0 saturated heterocycles. The Morgan fingerprint density at radius 3 is 1.83 bits per heavy atom. The molecule has 0 aliphatic heterocycles. The van der Waals surface area contributed by atoms with E-state index in [9.17, 15) is 9.59 Å². The average molecular weight is 176 g/mol. The summed E-state index contributed by atoms with van der Waals surface area (Å²) in [6.45, 7) is 6.56. The van der Waals surface area contributed by atoms with E-state index in [1.165, 1.54) is 0 Å². The van der Waals surface area contributed by atoms with Crippen LogP contribution in [0.1, 0.15) is 13.8 Å². The van der Waals surface area contributed by atoms with Crippen LogP contribution in [0.15, 0.2) is 23.8 Å². The summed E-state index contributed by atoms with van der Waals surface area (Å²) >= 11 is 0. The Hall–Kier alpha value is -0.380. The van der Waals surface area contributed by atoms with Crippen LogP contribution in [0.25, 0.3) is 0 Å². The van der Waals surface area contributed by atoms with Gasteiger partial charge in [-0.25, -0.2) is 0 Å². The summed E-state index contributed by atoms with van der Waals surface area (Å²) < 4.78 is 0. The molecule has 0 aromatic carbocycles. The van der Waals surface area contributed by atoms with Crippen molar-refractivity contribution in [3.05, 3.63) is 23.8 Å². The first-order valence-corrected chi connectivity index (χ1v) is 3.14. The number of carbonyl (C=O) groups is 2. The van der Waals surface area contributed by atoms with Crippen molar-refractivity contribution in [2.45, 2.75) is 13.8 Å². The Kier molecular flexibility index (Phi) is 7.28. The second kappa shape index (κ2) is 6.17. The van der Waals surface area contributed by atoms with E-state index in [0.717, 1.165) is 6.08 Å². The van der Waals surface area contributed by atoms with Gasteiger partial charge in [0.15, 0.2) is 5.78 Å². The van der Waals surface area contributed by atoms with Gasteiger partial charge in [0.2, 0.25) is 0 Å². The number of nitrogens with two attached hydrogens (primary N) is 1.